The molecule has 1 fully saturated rings. The van der Waals surface area contributed by atoms with Gasteiger partial charge in [-0.2, -0.15) is 0 Å². The van der Waals surface area contributed by atoms with Crippen molar-refractivity contribution in [1.82, 2.24) is 10.3 Å². The van der Waals surface area contributed by atoms with Crippen LogP contribution in [-0.4, -0.2) is 29.8 Å². The molecule has 1 aliphatic rings. The third kappa shape index (κ3) is 4.54. The van der Waals surface area contributed by atoms with E-state index in [-0.39, 0.29) is 11.8 Å². The number of rotatable bonds is 5. The minimum atomic E-state index is -0.281. The smallest absolute Gasteiger partial charge is 0.265 e. The summed E-state index contributed by atoms with van der Waals surface area (Å²) in [6.45, 7) is 2.70. The fourth-order valence-corrected chi connectivity index (χ4v) is 2.79. The average Bonchev–Trinajstić information content (AvgIpc) is 2.48. The van der Waals surface area contributed by atoms with Crippen LogP contribution in [0.4, 0.5) is 0 Å². The van der Waals surface area contributed by atoms with E-state index in [1.165, 1.54) is 0 Å². The van der Waals surface area contributed by atoms with E-state index in [1.54, 1.807) is 6.07 Å². The highest BCUT2D eigenvalue weighted by molar-refractivity contribution is 5.93. The van der Waals surface area contributed by atoms with Crippen LogP contribution < -0.4 is 17.0 Å². The highest BCUT2D eigenvalue weighted by Gasteiger charge is 2.20. The molecule has 2 rings (SSSR count). The lowest BCUT2D eigenvalue weighted by Gasteiger charge is -2.31. The zero-order valence-electron chi connectivity index (χ0n) is 12.0. The molecule has 0 aromatic heterocycles. The van der Waals surface area contributed by atoms with Gasteiger partial charge < -0.3 is 5.73 Å². The summed E-state index contributed by atoms with van der Waals surface area (Å²) in [6, 6.07) is 7.46. The Bertz CT molecular complexity index is 510. The summed E-state index contributed by atoms with van der Waals surface area (Å²) in [5.74, 6) is 5.06. The van der Waals surface area contributed by atoms with E-state index in [4.69, 9.17) is 11.6 Å². The monoisotopic (exact) mass is 290 g/mol. The van der Waals surface area contributed by atoms with E-state index >= 15 is 0 Å². The van der Waals surface area contributed by atoms with Gasteiger partial charge in [0.15, 0.2) is 0 Å². The molecule has 6 nitrogen and oxygen atoms in total. The molecule has 1 saturated heterocycles. The Morgan fingerprint density at radius 1 is 1.29 bits per heavy atom. The Hall–Kier alpha value is -1.92. The summed E-state index contributed by atoms with van der Waals surface area (Å²) >= 11 is 0. The van der Waals surface area contributed by atoms with Crippen molar-refractivity contribution in [2.45, 2.75) is 25.8 Å². The average molecular weight is 290 g/mol. The van der Waals surface area contributed by atoms with Gasteiger partial charge in [0.05, 0.1) is 0 Å². The summed E-state index contributed by atoms with van der Waals surface area (Å²) < 4.78 is 0. The van der Waals surface area contributed by atoms with Crippen molar-refractivity contribution in [2.75, 3.05) is 13.1 Å². The lowest BCUT2D eigenvalue weighted by Crippen LogP contribution is -2.34. The highest BCUT2D eigenvalue weighted by Crippen LogP contribution is 2.21. The molecule has 0 atom stereocenters. The maximum Gasteiger partial charge on any atom is 0.265 e. The maximum absolute atomic E-state index is 11.5. The number of primary amides is 1. The molecule has 1 aromatic rings. The number of likely N-dealkylation sites (tertiary alicyclic amines) is 1. The number of hydrogen-bond acceptors (Lipinski definition) is 4. The van der Waals surface area contributed by atoms with Gasteiger partial charge in [-0.1, -0.05) is 12.1 Å². The largest absolute Gasteiger partial charge is 0.370 e. The molecule has 2 amide bonds. The molecule has 5 N–H and O–H groups in total. The van der Waals surface area contributed by atoms with E-state index in [9.17, 15) is 9.59 Å². The number of nitrogen functional groups attached to an aromatic ring is 1. The molecule has 0 spiro atoms. The van der Waals surface area contributed by atoms with Gasteiger partial charge in [-0.25, -0.2) is 5.84 Å². The van der Waals surface area contributed by atoms with E-state index in [1.807, 2.05) is 18.2 Å². The number of carbonyl (C=O) groups is 2. The van der Waals surface area contributed by atoms with Crippen LogP contribution in [0.25, 0.3) is 0 Å². The Balaban J connectivity index is 1.89. The van der Waals surface area contributed by atoms with Crippen molar-refractivity contribution in [3.05, 3.63) is 35.4 Å². The summed E-state index contributed by atoms with van der Waals surface area (Å²) in [7, 11) is 0. The number of hydrogen-bond donors (Lipinski definition) is 3. The Morgan fingerprint density at radius 2 is 2.00 bits per heavy atom. The number of nitrogens with zero attached hydrogens (tertiary/aromatic N) is 1. The number of piperidine rings is 1. The third-order valence-electron chi connectivity index (χ3n) is 3.92. The summed E-state index contributed by atoms with van der Waals surface area (Å²) in [5, 5.41) is 0. The second-order valence-electron chi connectivity index (χ2n) is 5.56. The van der Waals surface area contributed by atoms with Crippen LogP contribution in [0.15, 0.2) is 24.3 Å². The van der Waals surface area contributed by atoms with E-state index in [0.717, 1.165) is 38.0 Å². The van der Waals surface area contributed by atoms with Crippen molar-refractivity contribution in [3.63, 3.8) is 0 Å². The van der Waals surface area contributed by atoms with Gasteiger partial charge >= 0.3 is 0 Å². The Labute approximate surface area is 124 Å². The van der Waals surface area contributed by atoms with Crippen LogP contribution in [0.3, 0.4) is 0 Å². The molecule has 1 aromatic carbocycles. The zero-order valence-corrected chi connectivity index (χ0v) is 12.0. The molecule has 21 heavy (non-hydrogen) atoms. The number of benzene rings is 1. The van der Waals surface area contributed by atoms with Gasteiger partial charge in [0.25, 0.3) is 5.91 Å². The molecule has 0 bridgehead atoms. The molecular formula is C15H22N4O2. The number of carbonyl (C=O) groups excluding carboxylic acids is 2. The summed E-state index contributed by atoms with van der Waals surface area (Å²) in [6.07, 6.45) is 2.47. The van der Waals surface area contributed by atoms with Crippen LogP contribution in [0.5, 0.6) is 0 Å². The van der Waals surface area contributed by atoms with Crippen LogP contribution in [0, 0.1) is 5.92 Å². The van der Waals surface area contributed by atoms with Crippen LogP contribution in [0.2, 0.25) is 0 Å². The fraction of sp³-hybridized carbons (Fsp3) is 0.467. The SMILES string of the molecule is NNC(=O)c1cccc(CN2CCC(CC(N)=O)CC2)c1. The predicted molar refractivity (Wildman–Crippen MR) is 79.9 cm³/mol. The maximum atomic E-state index is 11.5. The highest BCUT2D eigenvalue weighted by atomic mass is 16.2. The minimum absolute atomic E-state index is 0.214. The number of hydrazine groups is 1. The Morgan fingerprint density at radius 3 is 2.62 bits per heavy atom. The summed E-state index contributed by atoms with van der Waals surface area (Å²) in [4.78, 5) is 24.8. The lowest BCUT2D eigenvalue weighted by molar-refractivity contribution is -0.119. The number of nitrogens with one attached hydrogen (secondary N) is 1. The fourth-order valence-electron chi connectivity index (χ4n) is 2.79. The standard InChI is InChI=1S/C15H22N4O2/c16-14(20)9-11-4-6-19(7-5-11)10-12-2-1-3-13(8-12)15(21)18-17/h1-3,8,11H,4-7,9-10,17H2,(H2,16,20)(H,18,21). The molecule has 0 unspecified atom stereocenters. The molecular weight excluding hydrogens is 268 g/mol. The normalized spacial score (nSPS) is 16.6. The lowest BCUT2D eigenvalue weighted by atomic mass is 9.93. The van der Waals surface area contributed by atoms with Gasteiger partial charge in [-0.05, 0) is 49.5 Å². The molecule has 114 valence electrons. The van der Waals surface area contributed by atoms with Crippen LogP contribution >= 0.6 is 0 Å². The number of nitrogens with two attached hydrogens (primary N) is 2. The molecule has 0 aliphatic carbocycles. The van der Waals surface area contributed by atoms with Gasteiger partial charge in [0.1, 0.15) is 0 Å². The zero-order chi connectivity index (χ0) is 15.2. The van der Waals surface area contributed by atoms with Crippen molar-refractivity contribution < 1.29 is 9.59 Å². The summed E-state index contributed by atoms with van der Waals surface area (Å²) in [5.41, 5.74) is 9.03. The predicted octanol–water partition coefficient (Wildman–Crippen LogP) is 0.377. The van der Waals surface area contributed by atoms with Crippen molar-refractivity contribution in [2.24, 2.45) is 17.5 Å². The molecule has 1 aliphatic heterocycles. The second kappa shape index (κ2) is 7.19. The topological polar surface area (TPSA) is 101 Å². The van der Waals surface area contributed by atoms with Crippen LogP contribution in [0.1, 0.15) is 35.2 Å². The molecule has 1 heterocycles. The first-order valence-electron chi connectivity index (χ1n) is 7.19. The third-order valence-corrected chi connectivity index (χ3v) is 3.92. The van der Waals surface area contributed by atoms with E-state index in [2.05, 4.69) is 10.3 Å². The first-order valence-corrected chi connectivity index (χ1v) is 7.19. The first-order chi connectivity index (χ1) is 10.1. The van der Waals surface area contributed by atoms with Gasteiger partial charge in [0.2, 0.25) is 5.91 Å². The Kier molecular flexibility index (Phi) is 5.30. The van der Waals surface area contributed by atoms with Crippen LogP contribution in [-0.2, 0) is 11.3 Å². The van der Waals surface area contributed by atoms with E-state index in [0.29, 0.717) is 17.9 Å². The minimum Gasteiger partial charge on any atom is -0.370 e. The molecule has 6 heteroatoms. The van der Waals surface area contributed by atoms with Gasteiger partial charge in [-0.3, -0.25) is 19.9 Å². The van der Waals surface area contributed by atoms with Crippen molar-refractivity contribution in [1.29, 1.82) is 0 Å². The van der Waals surface area contributed by atoms with Gasteiger partial charge in [-0.15, -0.1) is 0 Å². The number of amides is 2. The molecule has 0 radical (unpaired) electrons. The van der Waals surface area contributed by atoms with Gasteiger partial charge in [0, 0.05) is 18.5 Å². The van der Waals surface area contributed by atoms with Crippen molar-refractivity contribution >= 4 is 11.8 Å². The quantitative estimate of drug-likeness (QED) is 0.414. The molecule has 0 saturated carbocycles. The first kappa shape index (κ1) is 15.5. The van der Waals surface area contributed by atoms with E-state index < -0.39 is 0 Å². The second-order valence-corrected chi connectivity index (χ2v) is 5.56. The van der Waals surface area contributed by atoms with Crippen molar-refractivity contribution in [3.8, 4) is 0 Å².